The minimum atomic E-state index is -0.429. The average Bonchev–Trinajstić information content (AvgIpc) is 2.73. The monoisotopic (exact) mass is 236 g/mol. The molecule has 0 saturated carbocycles. The van der Waals surface area contributed by atoms with E-state index < -0.39 is 6.04 Å². The first-order valence-corrected chi connectivity index (χ1v) is 5.82. The average molecular weight is 236 g/mol. The van der Waals surface area contributed by atoms with Crippen LogP contribution >= 0.6 is 0 Å². The van der Waals surface area contributed by atoms with Crippen molar-refractivity contribution in [2.24, 2.45) is 4.99 Å². The quantitative estimate of drug-likeness (QED) is 0.800. The fourth-order valence-electron chi connectivity index (χ4n) is 2.04. The van der Waals surface area contributed by atoms with Crippen molar-refractivity contribution in [1.82, 2.24) is 0 Å². The third-order valence-electron chi connectivity index (χ3n) is 2.93. The van der Waals surface area contributed by atoms with Crippen LogP contribution in [0.25, 0.3) is 0 Å². The second kappa shape index (κ2) is 4.45. The van der Waals surface area contributed by atoms with Crippen LogP contribution in [-0.4, -0.2) is 12.1 Å². The molecule has 0 bridgehead atoms. The van der Waals surface area contributed by atoms with Gasteiger partial charge in [0.15, 0.2) is 6.04 Å². The van der Waals surface area contributed by atoms with Gasteiger partial charge in [-0.05, 0) is 11.6 Å². The van der Waals surface area contributed by atoms with Gasteiger partial charge in [-0.2, -0.15) is 0 Å². The molecule has 1 unspecified atom stereocenters. The van der Waals surface area contributed by atoms with Crippen LogP contribution < -0.4 is 5.32 Å². The Morgan fingerprint density at radius 2 is 1.72 bits per heavy atom. The lowest BCUT2D eigenvalue weighted by Gasteiger charge is -2.01. The summed E-state index contributed by atoms with van der Waals surface area (Å²) in [6, 6.07) is 17.0. The van der Waals surface area contributed by atoms with Gasteiger partial charge in [0.1, 0.15) is 0 Å². The Balaban J connectivity index is 1.90. The summed E-state index contributed by atoms with van der Waals surface area (Å²) in [4.78, 5) is 16.2. The number of anilines is 1. The van der Waals surface area contributed by atoms with Crippen LogP contribution in [0.3, 0.4) is 0 Å². The summed E-state index contributed by atoms with van der Waals surface area (Å²) < 4.78 is 0. The molecule has 1 N–H and O–H groups in total. The van der Waals surface area contributed by atoms with Crippen LogP contribution in [0.15, 0.2) is 59.6 Å². The van der Waals surface area contributed by atoms with Gasteiger partial charge in [-0.25, -0.2) is 0 Å². The van der Waals surface area contributed by atoms with E-state index in [4.69, 9.17) is 0 Å². The maximum absolute atomic E-state index is 11.8. The van der Waals surface area contributed by atoms with Gasteiger partial charge in [0.05, 0.1) is 0 Å². The van der Waals surface area contributed by atoms with E-state index >= 15 is 0 Å². The van der Waals surface area contributed by atoms with E-state index in [1.807, 2.05) is 54.6 Å². The normalized spacial score (nSPS) is 17.8. The number of aliphatic imine (C=N–C) groups is 1. The SMILES string of the molecule is O=C1Nc2ccccc2C1N=Cc1ccccc1. The number of nitrogens with zero attached hydrogens (tertiary/aromatic N) is 1. The number of hydrogen-bond donors (Lipinski definition) is 1. The largest absolute Gasteiger partial charge is 0.324 e. The lowest BCUT2D eigenvalue weighted by atomic mass is 10.1. The number of amides is 1. The van der Waals surface area contributed by atoms with Crippen molar-refractivity contribution in [3.8, 4) is 0 Å². The molecule has 0 saturated heterocycles. The lowest BCUT2D eigenvalue weighted by Crippen LogP contribution is -2.10. The molecule has 88 valence electrons. The maximum atomic E-state index is 11.8. The zero-order valence-corrected chi connectivity index (χ0v) is 9.71. The number of rotatable bonds is 2. The van der Waals surface area contributed by atoms with E-state index in [0.717, 1.165) is 16.8 Å². The van der Waals surface area contributed by atoms with Crippen molar-refractivity contribution in [3.63, 3.8) is 0 Å². The second-order valence-electron chi connectivity index (χ2n) is 4.17. The van der Waals surface area contributed by atoms with Crippen molar-refractivity contribution in [3.05, 3.63) is 65.7 Å². The first-order chi connectivity index (χ1) is 8.84. The molecule has 3 nitrogen and oxygen atoms in total. The van der Waals surface area contributed by atoms with Crippen molar-refractivity contribution in [2.45, 2.75) is 6.04 Å². The predicted molar refractivity (Wildman–Crippen MR) is 71.8 cm³/mol. The summed E-state index contributed by atoms with van der Waals surface area (Å²) in [5.41, 5.74) is 2.79. The van der Waals surface area contributed by atoms with Crippen molar-refractivity contribution in [2.75, 3.05) is 5.32 Å². The third-order valence-corrected chi connectivity index (χ3v) is 2.93. The number of benzene rings is 2. The first-order valence-electron chi connectivity index (χ1n) is 5.82. The molecule has 1 atom stereocenters. The van der Waals surface area contributed by atoms with Crippen LogP contribution in [0.2, 0.25) is 0 Å². The van der Waals surface area contributed by atoms with Crippen molar-refractivity contribution < 1.29 is 4.79 Å². The fraction of sp³-hybridized carbons (Fsp3) is 0.0667. The van der Waals surface area contributed by atoms with E-state index in [0.29, 0.717) is 0 Å². The summed E-state index contributed by atoms with van der Waals surface area (Å²) in [6.45, 7) is 0. The Labute approximate surface area is 105 Å². The lowest BCUT2D eigenvalue weighted by molar-refractivity contribution is -0.116. The molecule has 3 heteroatoms. The molecule has 1 amide bonds. The molecule has 1 heterocycles. The maximum Gasteiger partial charge on any atom is 0.253 e. The number of carbonyl (C=O) groups excluding carboxylic acids is 1. The Kier molecular flexibility index (Phi) is 2.65. The first kappa shape index (κ1) is 10.7. The summed E-state index contributed by atoms with van der Waals surface area (Å²) >= 11 is 0. The standard InChI is InChI=1S/C15H12N2O/c18-15-14(12-8-4-5-9-13(12)17-15)16-10-11-6-2-1-3-7-11/h1-10,14H,(H,17,18). The van der Waals surface area contributed by atoms with Gasteiger partial charge >= 0.3 is 0 Å². The Morgan fingerprint density at radius 1 is 1.00 bits per heavy atom. The van der Waals surface area contributed by atoms with Gasteiger partial charge in [-0.15, -0.1) is 0 Å². The van der Waals surface area contributed by atoms with Crippen molar-refractivity contribution in [1.29, 1.82) is 0 Å². The molecule has 0 fully saturated rings. The zero-order valence-electron chi connectivity index (χ0n) is 9.71. The molecule has 18 heavy (non-hydrogen) atoms. The summed E-state index contributed by atoms with van der Waals surface area (Å²) in [7, 11) is 0. The number of carbonyl (C=O) groups is 1. The van der Waals surface area contributed by atoms with Crippen LogP contribution in [0, 0.1) is 0 Å². The van der Waals surface area contributed by atoms with Crippen LogP contribution in [0.1, 0.15) is 17.2 Å². The molecule has 1 aliphatic rings. The molecule has 0 radical (unpaired) electrons. The number of hydrogen-bond acceptors (Lipinski definition) is 2. The molecule has 3 rings (SSSR count). The van der Waals surface area contributed by atoms with E-state index in [2.05, 4.69) is 10.3 Å². The second-order valence-corrected chi connectivity index (χ2v) is 4.17. The van der Waals surface area contributed by atoms with Gasteiger partial charge in [-0.3, -0.25) is 9.79 Å². The van der Waals surface area contributed by atoms with Crippen LogP contribution in [0.4, 0.5) is 5.69 Å². The minimum Gasteiger partial charge on any atom is -0.324 e. The van der Waals surface area contributed by atoms with E-state index in [-0.39, 0.29) is 5.91 Å². The molecule has 1 aliphatic heterocycles. The molecule has 2 aromatic carbocycles. The van der Waals surface area contributed by atoms with E-state index in [1.54, 1.807) is 6.21 Å². The van der Waals surface area contributed by atoms with Gasteiger partial charge in [-0.1, -0.05) is 48.5 Å². The van der Waals surface area contributed by atoms with E-state index in [9.17, 15) is 4.79 Å². The highest BCUT2D eigenvalue weighted by Crippen LogP contribution is 2.32. The van der Waals surface area contributed by atoms with Gasteiger partial charge in [0, 0.05) is 17.5 Å². The Hall–Kier alpha value is -2.42. The van der Waals surface area contributed by atoms with Gasteiger partial charge < -0.3 is 5.32 Å². The number of fused-ring (bicyclic) bond motifs is 1. The third kappa shape index (κ3) is 1.91. The molecule has 2 aromatic rings. The molecule has 0 aliphatic carbocycles. The molecular weight excluding hydrogens is 224 g/mol. The minimum absolute atomic E-state index is 0.0663. The summed E-state index contributed by atoms with van der Waals surface area (Å²) in [5, 5.41) is 2.83. The van der Waals surface area contributed by atoms with Gasteiger partial charge in [0.25, 0.3) is 5.91 Å². The summed E-state index contributed by atoms with van der Waals surface area (Å²) in [6.07, 6.45) is 1.74. The molecule has 0 spiro atoms. The molecule has 0 aromatic heterocycles. The topological polar surface area (TPSA) is 41.5 Å². The molecular formula is C15H12N2O. The predicted octanol–water partition coefficient (Wildman–Crippen LogP) is 2.80. The summed E-state index contributed by atoms with van der Waals surface area (Å²) in [5.74, 6) is -0.0663. The fourth-order valence-corrected chi connectivity index (χ4v) is 2.04. The number of nitrogens with one attached hydrogen (secondary N) is 1. The zero-order chi connectivity index (χ0) is 12.4. The smallest absolute Gasteiger partial charge is 0.253 e. The van der Waals surface area contributed by atoms with Crippen LogP contribution in [-0.2, 0) is 4.79 Å². The highest BCUT2D eigenvalue weighted by molar-refractivity contribution is 6.03. The van der Waals surface area contributed by atoms with Crippen molar-refractivity contribution >= 4 is 17.8 Å². The van der Waals surface area contributed by atoms with Crippen LogP contribution in [0.5, 0.6) is 0 Å². The Morgan fingerprint density at radius 3 is 2.56 bits per heavy atom. The highest BCUT2D eigenvalue weighted by Gasteiger charge is 2.28. The van der Waals surface area contributed by atoms with E-state index in [1.165, 1.54) is 0 Å². The number of para-hydroxylation sites is 1. The Bertz CT molecular complexity index is 605. The van der Waals surface area contributed by atoms with Gasteiger partial charge in [0.2, 0.25) is 0 Å². The highest BCUT2D eigenvalue weighted by atomic mass is 16.2.